The number of benzene rings is 1. The Morgan fingerprint density at radius 1 is 1.23 bits per heavy atom. The van der Waals surface area contributed by atoms with Crippen LogP contribution in [0.1, 0.15) is 23.9 Å². The molecular weight excluding hydrogens is 389 g/mol. The van der Waals surface area contributed by atoms with E-state index in [1.165, 1.54) is 17.0 Å². The van der Waals surface area contributed by atoms with Crippen molar-refractivity contribution in [3.8, 4) is 0 Å². The molecule has 1 aromatic carbocycles. The molecule has 1 aliphatic heterocycles. The number of carbonyl (C=O) groups is 2. The van der Waals surface area contributed by atoms with E-state index < -0.39 is 12.1 Å². The van der Waals surface area contributed by atoms with E-state index in [2.05, 4.69) is 15.5 Å². The smallest absolute Gasteiger partial charge is 0.251 e. The van der Waals surface area contributed by atoms with Crippen molar-refractivity contribution in [2.75, 3.05) is 20.2 Å². The van der Waals surface area contributed by atoms with Crippen molar-refractivity contribution >= 4 is 17.5 Å². The largest absolute Gasteiger partial charge is 0.356 e. The van der Waals surface area contributed by atoms with Crippen LogP contribution in [-0.2, 0) is 20.7 Å². The molecule has 0 bridgehead atoms. The van der Waals surface area contributed by atoms with Crippen LogP contribution in [0.2, 0.25) is 0 Å². The van der Waals surface area contributed by atoms with Crippen molar-refractivity contribution in [3.63, 3.8) is 0 Å². The summed E-state index contributed by atoms with van der Waals surface area (Å²) in [6.07, 6.45) is 2.35. The van der Waals surface area contributed by atoms with Gasteiger partial charge in [-0.15, -0.1) is 10.2 Å². The van der Waals surface area contributed by atoms with Crippen LogP contribution < -0.4 is 5.32 Å². The molecule has 2 amide bonds. The number of amides is 2. The van der Waals surface area contributed by atoms with Crippen LogP contribution in [0.3, 0.4) is 0 Å². The minimum absolute atomic E-state index is 0.169. The van der Waals surface area contributed by atoms with E-state index in [4.69, 9.17) is 4.74 Å². The predicted molar refractivity (Wildman–Crippen MR) is 106 cm³/mol. The lowest BCUT2D eigenvalue weighted by Crippen LogP contribution is -2.53. The summed E-state index contributed by atoms with van der Waals surface area (Å²) in [5.41, 5.74) is 1.42. The first-order chi connectivity index (χ1) is 14.5. The second kappa shape index (κ2) is 8.58. The van der Waals surface area contributed by atoms with Gasteiger partial charge in [0.1, 0.15) is 18.2 Å². The van der Waals surface area contributed by atoms with Gasteiger partial charge in [-0.2, -0.15) is 0 Å². The zero-order valence-corrected chi connectivity index (χ0v) is 16.5. The number of hydrogen-bond acceptors (Lipinski definition) is 5. The Hall–Kier alpha value is -3.33. The minimum atomic E-state index is -0.868. The van der Waals surface area contributed by atoms with E-state index in [1.807, 2.05) is 28.8 Å². The molecule has 3 aromatic rings. The Morgan fingerprint density at radius 3 is 2.83 bits per heavy atom. The Morgan fingerprint density at radius 2 is 2.03 bits per heavy atom. The summed E-state index contributed by atoms with van der Waals surface area (Å²) in [4.78, 5) is 26.4. The monoisotopic (exact) mass is 411 g/mol. The van der Waals surface area contributed by atoms with Gasteiger partial charge < -0.3 is 15.0 Å². The average molecular weight is 411 g/mol. The topological polar surface area (TPSA) is 88.8 Å². The number of hydrogen-bond donors (Lipinski definition) is 1. The van der Waals surface area contributed by atoms with Crippen LogP contribution in [0, 0.1) is 5.82 Å². The van der Waals surface area contributed by atoms with Gasteiger partial charge in [-0.05, 0) is 36.2 Å². The molecule has 0 spiro atoms. The highest BCUT2D eigenvalue weighted by molar-refractivity contribution is 5.86. The van der Waals surface area contributed by atoms with E-state index in [0.717, 1.165) is 11.5 Å². The summed E-state index contributed by atoms with van der Waals surface area (Å²) in [6, 6.07) is 10.8. The summed E-state index contributed by atoms with van der Waals surface area (Å²) < 4.78 is 20.8. The number of likely N-dealkylation sites (N-methyl/N-ethyl adjacent to an activating group) is 1. The van der Waals surface area contributed by atoms with E-state index in [9.17, 15) is 14.0 Å². The quantitative estimate of drug-likeness (QED) is 0.622. The number of pyridine rings is 1. The molecule has 0 radical (unpaired) electrons. The van der Waals surface area contributed by atoms with Gasteiger partial charge in [0.05, 0.1) is 6.04 Å². The van der Waals surface area contributed by atoms with Crippen molar-refractivity contribution in [1.82, 2.24) is 24.8 Å². The number of ether oxygens (including phenoxy) is 1. The third kappa shape index (κ3) is 4.02. The van der Waals surface area contributed by atoms with E-state index in [0.29, 0.717) is 24.9 Å². The Labute approximate surface area is 172 Å². The Balaban J connectivity index is 1.38. The number of morpholine rings is 1. The number of fused-ring (bicyclic) bond motifs is 1. The van der Waals surface area contributed by atoms with Gasteiger partial charge in [-0.3, -0.25) is 14.0 Å². The molecule has 8 nitrogen and oxygen atoms in total. The molecule has 0 saturated carbocycles. The van der Waals surface area contributed by atoms with Crippen molar-refractivity contribution in [1.29, 1.82) is 0 Å². The number of aryl methyl sites for hydroxylation is 1. The van der Waals surface area contributed by atoms with Gasteiger partial charge in [0.2, 0.25) is 5.91 Å². The van der Waals surface area contributed by atoms with Gasteiger partial charge in [-0.25, -0.2) is 4.39 Å². The molecule has 30 heavy (non-hydrogen) atoms. The lowest BCUT2D eigenvalue weighted by Gasteiger charge is -2.38. The second-order valence-electron chi connectivity index (χ2n) is 7.17. The number of nitrogens with one attached hydrogen (secondary N) is 1. The number of rotatable bonds is 6. The molecule has 9 heteroatoms. The summed E-state index contributed by atoms with van der Waals surface area (Å²) in [5.74, 6) is -0.100. The minimum Gasteiger partial charge on any atom is -0.356 e. The molecule has 3 heterocycles. The standard InChI is InChI=1S/C21H22FN5O3/c1-26-18(28)13-30-20(19(26)14-7-9-15(22)10-8-14)21(29)23-11-4-6-17-25-24-16-5-2-3-12-27(16)17/h2-3,5,7-10,12,19-20H,4,6,11,13H2,1H3,(H,23,29). The van der Waals surface area contributed by atoms with Crippen LogP contribution in [0.25, 0.3) is 5.65 Å². The first-order valence-electron chi connectivity index (χ1n) is 9.73. The maximum absolute atomic E-state index is 13.3. The summed E-state index contributed by atoms with van der Waals surface area (Å²) in [7, 11) is 1.62. The zero-order valence-electron chi connectivity index (χ0n) is 16.5. The maximum Gasteiger partial charge on any atom is 0.251 e. The zero-order chi connectivity index (χ0) is 21.1. The molecule has 1 saturated heterocycles. The lowest BCUT2D eigenvalue weighted by molar-refractivity contribution is -0.162. The summed E-state index contributed by atoms with van der Waals surface area (Å²) in [6.45, 7) is 0.256. The second-order valence-corrected chi connectivity index (χ2v) is 7.17. The SMILES string of the molecule is CN1C(=O)COC(C(=O)NCCCc2nnc3ccccn23)C1c1ccc(F)cc1. The highest BCUT2D eigenvalue weighted by Crippen LogP contribution is 2.29. The maximum atomic E-state index is 13.3. The van der Waals surface area contributed by atoms with Crippen LogP contribution in [0.15, 0.2) is 48.7 Å². The van der Waals surface area contributed by atoms with Gasteiger partial charge in [0.15, 0.2) is 11.8 Å². The number of carbonyl (C=O) groups excluding carboxylic acids is 2. The molecule has 2 aromatic heterocycles. The van der Waals surface area contributed by atoms with Crippen LogP contribution >= 0.6 is 0 Å². The molecule has 2 atom stereocenters. The van der Waals surface area contributed by atoms with E-state index in [-0.39, 0.29) is 24.2 Å². The Bertz CT molecular complexity index is 1050. The molecule has 4 rings (SSSR count). The van der Waals surface area contributed by atoms with Gasteiger partial charge in [0, 0.05) is 26.2 Å². The normalized spacial score (nSPS) is 19.3. The number of nitrogens with zero attached hydrogens (tertiary/aromatic N) is 4. The third-order valence-electron chi connectivity index (χ3n) is 5.21. The molecule has 2 unspecified atom stereocenters. The van der Waals surface area contributed by atoms with Crippen LogP contribution in [-0.4, -0.2) is 57.6 Å². The lowest BCUT2D eigenvalue weighted by atomic mass is 9.97. The van der Waals surface area contributed by atoms with Gasteiger partial charge in [-0.1, -0.05) is 18.2 Å². The molecule has 156 valence electrons. The molecule has 1 fully saturated rings. The highest BCUT2D eigenvalue weighted by Gasteiger charge is 2.39. The highest BCUT2D eigenvalue weighted by atomic mass is 19.1. The fourth-order valence-electron chi connectivity index (χ4n) is 3.61. The number of aromatic nitrogens is 3. The van der Waals surface area contributed by atoms with Crippen LogP contribution in [0.5, 0.6) is 0 Å². The third-order valence-corrected chi connectivity index (χ3v) is 5.21. The average Bonchev–Trinajstić information content (AvgIpc) is 3.17. The van der Waals surface area contributed by atoms with Crippen molar-refractivity contribution in [2.45, 2.75) is 25.0 Å². The molecule has 1 N–H and O–H groups in total. The first-order valence-corrected chi connectivity index (χ1v) is 9.73. The fraction of sp³-hybridized carbons (Fsp3) is 0.333. The van der Waals surface area contributed by atoms with E-state index >= 15 is 0 Å². The predicted octanol–water partition coefficient (Wildman–Crippen LogP) is 1.52. The first kappa shape index (κ1) is 20.0. The molecule has 0 aliphatic carbocycles. The van der Waals surface area contributed by atoms with Gasteiger partial charge >= 0.3 is 0 Å². The summed E-state index contributed by atoms with van der Waals surface area (Å²) in [5, 5.41) is 11.2. The van der Waals surface area contributed by atoms with Crippen molar-refractivity contribution in [2.24, 2.45) is 0 Å². The van der Waals surface area contributed by atoms with E-state index in [1.54, 1.807) is 19.2 Å². The Kier molecular flexibility index (Phi) is 5.71. The van der Waals surface area contributed by atoms with Crippen molar-refractivity contribution in [3.05, 3.63) is 65.9 Å². The fourth-order valence-corrected chi connectivity index (χ4v) is 3.61. The van der Waals surface area contributed by atoms with Crippen LogP contribution in [0.4, 0.5) is 4.39 Å². The summed E-state index contributed by atoms with van der Waals surface area (Å²) >= 11 is 0. The van der Waals surface area contributed by atoms with Crippen molar-refractivity contribution < 1.29 is 18.7 Å². The molecular formula is C21H22FN5O3. The molecule has 1 aliphatic rings. The van der Waals surface area contributed by atoms with Gasteiger partial charge in [0.25, 0.3) is 5.91 Å². The number of halogens is 1.